The van der Waals surface area contributed by atoms with Gasteiger partial charge in [-0.2, -0.15) is 0 Å². The summed E-state index contributed by atoms with van der Waals surface area (Å²) >= 11 is 0. The molecule has 2 aliphatic rings. The van der Waals surface area contributed by atoms with E-state index in [2.05, 4.69) is 171 Å². The molecule has 0 aliphatic carbocycles. The highest BCUT2D eigenvalue weighted by molar-refractivity contribution is 6.01. The van der Waals surface area contributed by atoms with E-state index in [4.69, 9.17) is 15.7 Å². The largest absolute Gasteiger partial charge is 0.397 e. The van der Waals surface area contributed by atoms with E-state index in [1.807, 2.05) is 6.08 Å². The number of hydrogen-bond donors (Lipinski definition) is 3. The van der Waals surface area contributed by atoms with Crippen molar-refractivity contribution in [2.45, 2.75) is 27.7 Å². The molecule has 4 aromatic carbocycles. The second-order valence-electron chi connectivity index (χ2n) is 14.2. The van der Waals surface area contributed by atoms with Crippen molar-refractivity contribution in [3.05, 3.63) is 166 Å². The van der Waals surface area contributed by atoms with Crippen molar-refractivity contribution >= 4 is 46.0 Å². The summed E-state index contributed by atoms with van der Waals surface area (Å²) in [7, 11) is 0. The third-order valence-corrected chi connectivity index (χ3v) is 10.3. The summed E-state index contributed by atoms with van der Waals surface area (Å²) in [5, 5.41) is 0. The lowest BCUT2D eigenvalue weighted by Gasteiger charge is -2.08. The highest BCUT2D eigenvalue weighted by atomic mass is 14.8. The zero-order valence-corrected chi connectivity index (χ0v) is 30.3. The van der Waals surface area contributed by atoms with Crippen LogP contribution in [0.4, 0.5) is 0 Å². The van der Waals surface area contributed by atoms with Gasteiger partial charge in [-0.3, -0.25) is 0 Å². The normalized spacial score (nSPS) is 12.3. The molecule has 8 bridgehead atoms. The molecule has 0 saturated carbocycles. The highest BCUT2D eigenvalue weighted by Gasteiger charge is 2.21. The van der Waals surface area contributed by atoms with Crippen molar-refractivity contribution in [3.8, 4) is 44.5 Å². The van der Waals surface area contributed by atoms with Crippen molar-refractivity contribution in [1.82, 2.24) is 19.9 Å². The zero-order valence-electron chi connectivity index (χ0n) is 30.3. The van der Waals surface area contributed by atoms with Crippen LogP contribution in [0.25, 0.3) is 90.5 Å². The van der Waals surface area contributed by atoms with E-state index in [-0.39, 0.29) is 0 Å². The number of nitrogens with zero attached hydrogens (tertiary/aromatic N) is 2. The predicted molar refractivity (Wildman–Crippen MR) is 223 cm³/mol. The van der Waals surface area contributed by atoms with Crippen LogP contribution in [0.2, 0.25) is 0 Å². The number of nitrogens with two attached hydrogens (primary N) is 1. The fraction of sp³-hybridized carbons (Fsp3) is 0.0833. The molecule has 0 atom stereocenters. The average molecular weight is 686 g/mol. The van der Waals surface area contributed by atoms with Gasteiger partial charge in [-0.1, -0.05) is 119 Å². The van der Waals surface area contributed by atoms with Crippen molar-refractivity contribution < 1.29 is 0 Å². The number of hydrogen-bond acceptors (Lipinski definition) is 3. The maximum atomic E-state index is 7.00. The Morgan fingerprint density at radius 1 is 0.377 bits per heavy atom. The van der Waals surface area contributed by atoms with Crippen LogP contribution in [-0.2, 0) is 0 Å². The van der Waals surface area contributed by atoms with Crippen LogP contribution < -0.4 is 5.73 Å². The first-order valence-corrected chi connectivity index (χ1v) is 18.0. The molecule has 256 valence electrons. The lowest BCUT2D eigenvalue weighted by atomic mass is 10.0. The fourth-order valence-corrected chi connectivity index (χ4v) is 7.40. The van der Waals surface area contributed by atoms with Crippen LogP contribution in [0.1, 0.15) is 45.0 Å². The fourth-order valence-electron chi connectivity index (χ4n) is 7.40. The Morgan fingerprint density at radius 2 is 0.698 bits per heavy atom. The van der Waals surface area contributed by atoms with Crippen molar-refractivity contribution in [1.29, 1.82) is 0 Å². The molecule has 0 unspecified atom stereocenters. The van der Waals surface area contributed by atoms with Gasteiger partial charge < -0.3 is 15.7 Å². The van der Waals surface area contributed by atoms with Gasteiger partial charge in [0.2, 0.25) is 0 Å². The van der Waals surface area contributed by atoms with E-state index in [9.17, 15) is 0 Å². The number of rotatable bonds is 4. The molecule has 5 nitrogen and oxygen atoms in total. The summed E-state index contributed by atoms with van der Waals surface area (Å²) < 4.78 is 0. The van der Waals surface area contributed by atoms with Gasteiger partial charge in [0.15, 0.2) is 0 Å². The van der Waals surface area contributed by atoms with Gasteiger partial charge in [-0.05, 0) is 92.4 Å². The van der Waals surface area contributed by atoms with Crippen molar-refractivity contribution in [2.24, 2.45) is 5.73 Å². The van der Waals surface area contributed by atoms with Gasteiger partial charge in [0.1, 0.15) is 0 Å². The van der Waals surface area contributed by atoms with Gasteiger partial charge in [-0.15, -0.1) is 0 Å². The standard InChI is InChI=1S/C48H39N5/c1-28-5-13-32(14-6-28)44-37-21-22-38(50-37)45(33-15-7-29(2)8-16-33)40-25-26-42(52-40)47(35-19-11-31(4)12-20-35)48-36(49)27-43(53-48)46(41-24-23-39(44)51-41)34-17-9-30(3)10-18-34/h5-27,51-52H,49H2,1-4H3. The molecule has 0 saturated heterocycles. The lowest BCUT2D eigenvalue weighted by molar-refractivity contribution is 1.29. The smallest absolute Gasteiger partial charge is 0.0966 e. The van der Waals surface area contributed by atoms with E-state index in [1.165, 1.54) is 22.3 Å². The zero-order chi connectivity index (χ0) is 36.2. The number of H-pyrrole nitrogens is 2. The summed E-state index contributed by atoms with van der Waals surface area (Å²) in [6, 6.07) is 43.1. The molecule has 0 spiro atoms. The molecule has 4 N–H and O–H groups in total. The van der Waals surface area contributed by atoms with E-state index >= 15 is 0 Å². The Kier molecular flexibility index (Phi) is 7.78. The third kappa shape index (κ3) is 5.86. The molecule has 53 heavy (non-hydrogen) atoms. The Labute approximate surface area is 309 Å². The van der Waals surface area contributed by atoms with Crippen LogP contribution >= 0.6 is 0 Å². The molecular weight excluding hydrogens is 647 g/mol. The predicted octanol–water partition coefficient (Wildman–Crippen LogP) is 11.8. The number of aromatic amines is 2. The summed E-state index contributed by atoms with van der Waals surface area (Å²) in [4.78, 5) is 18.4. The van der Waals surface area contributed by atoms with Gasteiger partial charge in [-0.25, -0.2) is 9.97 Å². The number of aromatic nitrogens is 4. The SMILES string of the molecule is Cc1ccc(-c2c3nc(c(-c4ccc(C)cc4)c4ccc([nH]4)c(-c4ccc(C)cc4)c4nc(c(-c5ccc(C)cc5)c5ccc2[nH]5)C=C4N)C=C3)cc1. The first kappa shape index (κ1) is 32.2. The number of benzene rings is 4. The lowest BCUT2D eigenvalue weighted by Crippen LogP contribution is -1.97. The molecular formula is C48H39N5. The van der Waals surface area contributed by atoms with Crippen LogP contribution in [0.3, 0.4) is 0 Å². The molecule has 0 radical (unpaired) electrons. The number of aryl methyl sites for hydroxylation is 4. The molecule has 0 fully saturated rings. The summed E-state index contributed by atoms with van der Waals surface area (Å²) in [6.45, 7) is 8.44. The minimum Gasteiger partial charge on any atom is -0.397 e. The van der Waals surface area contributed by atoms with Crippen molar-refractivity contribution in [3.63, 3.8) is 0 Å². The van der Waals surface area contributed by atoms with E-state index in [1.54, 1.807) is 0 Å². The molecule has 3 aromatic heterocycles. The summed E-state index contributed by atoms with van der Waals surface area (Å²) in [5.74, 6) is 0. The first-order chi connectivity index (χ1) is 25.8. The van der Waals surface area contributed by atoms with E-state index in [0.29, 0.717) is 5.70 Å². The van der Waals surface area contributed by atoms with E-state index in [0.717, 1.165) is 89.4 Å². The Hall–Kier alpha value is -6.72. The van der Waals surface area contributed by atoms with Gasteiger partial charge >= 0.3 is 0 Å². The topological polar surface area (TPSA) is 83.4 Å². The second kappa shape index (κ2) is 12.8. The van der Waals surface area contributed by atoms with Crippen molar-refractivity contribution in [2.75, 3.05) is 0 Å². The molecule has 2 aliphatic heterocycles. The number of nitrogens with one attached hydrogen (secondary N) is 2. The Morgan fingerprint density at radius 3 is 1.08 bits per heavy atom. The van der Waals surface area contributed by atoms with Gasteiger partial charge in [0, 0.05) is 44.3 Å². The van der Waals surface area contributed by atoms with Gasteiger partial charge in [0.05, 0.1) is 28.5 Å². The molecule has 5 heteroatoms. The summed E-state index contributed by atoms with van der Waals surface area (Å²) in [6.07, 6.45) is 6.29. The second-order valence-corrected chi connectivity index (χ2v) is 14.2. The first-order valence-electron chi connectivity index (χ1n) is 18.0. The van der Waals surface area contributed by atoms with Crippen LogP contribution in [-0.4, -0.2) is 19.9 Å². The Bertz CT molecular complexity index is 2780. The maximum absolute atomic E-state index is 7.00. The van der Waals surface area contributed by atoms with Crippen LogP contribution in [0.5, 0.6) is 0 Å². The molecule has 7 aromatic rings. The van der Waals surface area contributed by atoms with Gasteiger partial charge in [0.25, 0.3) is 0 Å². The molecule has 5 heterocycles. The maximum Gasteiger partial charge on any atom is 0.0966 e. The number of fused-ring (bicyclic) bond motifs is 8. The third-order valence-electron chi connectivity index (χ3n) is 10.3. The average Bonchev–Trinajstić information content (AvgIpc) is 3.99. The highest BCUT2D eigenvalue weighted by Crippen LogP contribution is 2.39. The minimum atomic E-state index is 0.615. The Balaban J connectivity index is 1.49. The van der Waals surface area contributed by atoms with E-state index < -0.39 is 0 Å². The summed E-state index contributed by atoms with van der Waals surface area (Å²) in [5.41, 5.74) is 27.7. The molecule has 9 rings (SSSR count). The van der Waals surface area contributed by atoms with Crippen LogP contribution in [0, 0.1) is 27.7 Å². The monoisotopic (exact) mass is 685 g/mol. The minimum absolute atomic E-state index is 0.615. The molecule has 0 amide bonds. The quantitative estimate of drug-likeness (QED) is 0.172. The van der Waals surface area contributed by atoms with Crippen LogP contribution in [0.15, 0.2) is 121 Å².